The van der Waals surface area contributed by atoms with Gasteiger partial charge in [-0.25, -0.2) is 4.98 Å². The van der Waals surface area contributed by atoms with Crippen molar-refractivity contribution in [2.24, 2.45) is 0 Å². The summed E-state index contributed by atoms with van der Waals surface area (Å²) in [5.41, 5.74) is 3.66. The molecule has 2 aromatic carbocycles. The Morgan fingerprint density at radius 2 is 2.05 bits per heavy atom. The van der Waals surface area contributed by atoms with E-state index >= 15 is 0 Å². The Kier molecular flexibility index (Phi) is 8.25. The highest BCUT2D eigenvalue weighted by Crippen LogP contribution is 2.27. The van der Waals surface area contributed by atoms with E-state index in [9.17, 15) is 4.79 Å². The molecule has 4 aromatic rings. The zero-order chi connectivity index (χ0) is 26.3. The smallest absolute Gasteiger partial charge is 0.273 e. The zero-order valence-corrected chi connectivity index (χ0v) is 21.9. The molecule has 0 spiro atoms. The van der Waals surface area contributed by atoms with Gasteiger partial charge in [-0.3, -0.25) is 9.69 Å². The van der Waals surface area contributed by atoms with Gasteiger partial charge in [-0.2, -0.15) is 0 Å². The topological polar surface area (TPSA) is 102 Å². The van der Waals surface area contributed by atoms with Crippen molar-refractivity contribution >= 4 is 16.8 Å². The van der Waals surface area contributed by atoms with Crippen molar-refractivity contribution in [3.63, 3.8) is 0 Å². The molecule has 0 aliphatic carbocycles. The molecule has 0 bridgehead atoms. The Balaban J connectivity index is 1.30. The van der Waals surface area contributed by atoms with Crippen molar-refractivity contribution in [1.82, 2.24) is 20.2 Å². The molecule has 0 saturated carbocycles. The van der Waals surface area contributed by atoms with Crippen LogP contribution in [0.4, 0.5) is 0 Å². The van der Waals surface area contributed by atoms with Crippen LogP contribution in [0.5, 0.6) is 11.5 Å². The van der Waals surface area contributed by atoms with E-state index in [1.807, 2.05) is 24.3 Å². The Labute approximate surface area is 222 Å². The molecule has 0 radical (unpaired) electrons. The molecular formula is C29H34N4O5. The predicted molar refractivity (Wildman–Crippen MR) is 143 cm³/mol. The number of methoxy groups -OCH3 is 2. The van der Waals surface area contributed by atoms with Crippen molar-refractivity contribution in [3.05, 3.63) is 77.6 Å². The van der Waals surface area contributed by atoms with Crippen LogP contribution in [0.3, 0.4) is 0 Å². The SMILES string of the molecule is COc1ccc(CN(CCc2c[nH]c3ccccc23)Cc2nc(C(=O)NCC3CCCO3)co2)c(OC)c1. The summed E-state index contributed by atoms with van der Waals surface area (Å²) in [6.07, 6.45) is 6.39. The summed E-state index contributed by atoms with van der Waals surface area (Å²) in [6.45, 7) is 3.03. The van der Waals surface area contributed by atoms with Gasteiger partial charge in [0, 0.05) is 55.0 Å². The van der Waals surface area contributed by atoms with E-state index < -0.39 is 0 Å². The molecule has 1 aliphatic heterocycles. The first-order chi connectivity index (χ1) is 18.6. The Morgan fingerprint density at radius 3 is 2.87 bits per heavy atom. The lowest BCUT2D eigenvalue weighted by atomic mass is 10.1. The molecule has 3 heterocycles. The van der Waals surface area contributed by atoms with Gasteiger partial charge in [0.2, 0.25) is 5.89 Å². The van der Waals surface area contributed by atoms with Gasteiger partial charge in [0.1, 0.15) is 17.8 Å². The summed E-state index contributed by atoms with van der Waals surface area (Å²) in [5, 5.41) is 4.12. The van der Waals surface area contributed by atoms with Crippen molar-refractivity contribution in [2.45, 2.75) is 38.5 Å². The zero-order valence-electron chi connectivity index (χ0n) is 21.9. The average molecular weight is 519 g/mol. The largest absolute Gasteiger partial charge is 0.497 e. The van der Waals surface area contributed by atoms with Gasteiger partial charge >= 0.3 is 0 Å². The molecule has 9 nitrogen and oxygen atoms in total. The lowest BCUT2D eigenvalue weighted by Crippen LogP contribution is -2.32. The molecule has 1 unspecified atom stereocenters. The maximum atomic E-state index is 12.6. The molecule has 1 amide bonds. The van der Waals surface area contributed by atoms with Gasteiger partial charge in [0.25, 0.3) is 5.91 Å². The van der Waals surface area contributed by atoms with Crippen LogP contribution in [0.2, 0.25) is 0 Å². The van der Waals surface area contributed by atoms with Gasteiger partial charge < -0.3 is 28.9 Å². The second-order valence-electron chi connectivity index (χ2n) is 9.47. The van der Waals surface area contributed by atoms with Crippen LogP contribution >= 0.6 is 0 Å². The fourth-order valence-corrected chi connectivity index (χ4v) is 4.84. The molecule has 2 aromatic heterocycles. The van der Waals surface area contributed by atoms with Gasteiger partial charge in [-0.05, 0) is 37.0 Å². The van der Waals surface area contributed by atoms with E-state index in [-0.39, 0.29) is 17.7 Å². The van der Waals surface area contributed by atoms with Crippen LogP contribution in [0.25, 0.3) is 10.9 Å². The van der Waals surface area contributed by atoms with Gasteiger partial charge in [0.15, 0.2) is 5.69 Å². The number of carbonyl (C=O) groups excluding carboxylic acids is 1. The number of nitrogens with one attached hydrogen (secondary N) is 2. The summed E-state index contributed by atoms with van der Waals surface area (Å²) in [4.78, 5) is 22.7. The highest BCUT2D eigenvalue weighted by atomic mass is 16.5. The quantitative estimate of drug-likeness (QED) is 0.288. The number of fused-ring (bicyclic) bond motifs is 1. The van der Waals surface area contributed by atoms with Crippen LogP contribution in [0, 0.1) is 0 Å². The van der Waals surface area contributed by atoms with Crippen LogP contribution in [0.15, 0.2) is 59.3 Å². The number of hydrogen-bond acceptors (Lipinski definition) is 7. The maximum absolute atomic E-state index is 12.6. The van der Waals surface area contributed by atoms with Gasteiger partial charge in [-0.1, -0.05) is 24.3 Å². The van der Waals surface area contributed by atoms with E-state index in [1.54, 1.807) is 14.2 Å². The number of para-hydroxylation sites is 1. The molecule has 1 aliphatic rings. The van der Waals surface area contributed by atoms with Crippen molar-refractivity contribution in [3.8, 4) is 11.5 Å². The summed E-state index contributed by atoms with van der Waals surface area (Å²) >= 11 is 0. The third kappa shape index (κ3) is 6.17. The highest BCUT2D eigenvalue weighted by molar-refractivity contribution is 5.91. The van der Waals surface area contributed by atoms with E-state index in [4.69, 9.17) is 18.6 Å². The fraction of sp³-hybridized carbons (Fsp3) is 0.379. The number of nitrogens with zero attached hydrogens (tertiary/aromatic N) is 2. The predicted octanol–water partition coefficient (Wildman–Crippen LogP) is 4.33. The number of hydrogen-bond donors (Lipinski definition) is 2. The van der Waals surface area contributed by atoms with Crippen LogP contribution in [-0.2, 0) is 24.2 Å². The first-order valence-electron chi connectivity index (χ1n) is 13.0. The number of amides is 1. The molecule has 2 N–H and O–H groups in total. The van der Waals surface area contributed by atoms with Gasteiger partial charge in [-0.15, -0.1) is 0 Å². The average Bonchev–Trinajstić information content (AvgIpc) is 3.72. The number of benzene rings is 2. The van der Waals surface area contributed by atoms with Crippen LogP contribution < -0.4 is 14.8 Å². The minimum atomic E-state index is -0.252. The van der Waals surface area contributed by atoms with E-state index in [0.717, 1.165) is 55.0 Å². The number of carbonyl (C=O) groups is 1. The third-order valence-electron chi connectivity index (χ3n) is 6.92. The molecule has 1 saturated heterocycles. The summed E-state index contributed by atoms with van der Waals surface area (Å²) in [6, 6.07) is 14.1. The van der Waals surface area contributed by atoms with Crippen molar-refractivity contribution in [2.75, 3.05) is 33.9 Å². The molecule has 5 rings (SSSR count). The summed E-state index contributed by atoms with van der Waals surface area (Å²) in [5.74, 6) is 1.72. The molecule has 38 heavy (non-hydrogen) atoms. The van der Waals surface area contributed by atoms with Crippen molar-refractivity contribution < 1.29 is 23.4 Å². The lowest BCUT2D eigenvalue weighted by molar-refractivity contribution is 0.0853. The number of ether oxygens (including phenoxy) is 3. The van der Waals surface area contributed by atoms with Gasteiger partial charge in [0.05, 0.1) is 26.9 Å². The fourth-order valence-electron chi connectivity index (χ4n) is 4.84. The van der Waals surface area contributed by atoms with Crippen LogP contribution in [0.1, 0.15) is 40.3 Å². The number of rotatable bonds is 12. The highest BCUT2D eigenvalue weighted by Gasteiger charge is 2.20. The number of aromatic nitrogens is 2. The standard InChI is InChI=1S/C29H34N4O5/c1-35-22-10-9-21(27(14-22)36-2)17-33(12-11-20-15-30-25-8-4-3-7-24(20)25)18-28-32-26(19-38-28)29(34)31-16-23-6-5-13-37-23/h3-4,7-10,14-15,19,23,30H,5-6,11-13,16-18H2,1-2H3,(H,31,34). The molecule has 9 heteroatoms. The maximum Gasteiger partial charge on any atom is 0.273 e. The van der Waals surface area contributed by atoms with E-state index in [2.05, 4.69) is 44.6 Å². The third-order valence-corrected chi connectivity index (χ3v) is 6.92. The second-order valence-corrected chi connectivity index (χ2v) is 9.47. The molecule has 200 valence electrons. The minimum absolute atomic E-state index is 0.0739. The normalized spacial score (nSPS) is 15.3. The molecule has 1 fully saturated rings. The molecule has 1 atom stereocenters. The first-order valence-corrected chi connectivity index (χ1v) is 13.0. The van der Waals surface area contributed by atoms with E-state index in [1.165, 1.54) is 17.2 Å². The first kappa shape index (κ1) is 25.8. The summed E-state index contributed by atoms with van der Waals surface area (Å²) in [7, 11) is 3.29. The van der Waals surface area contributed by atoms with Crippen molar-refractivity contribution in [1.29, 1.82) is 0 Å². The minimum Gasteiger partial charge on any atom is -0.497 e. The monoisotopic (exact) mass is 518 g/mol. The Hall–Kier alpha value is -3.82. The molecular weight excluding hydrogens is 484 g/mol. The van der Waals surface area contributed by atoms with E-state index in [0.29, 0.717) is 25.5 Å². The van der Waals surface area contributed by atoms with Crippen LogP contribution in [-0.4, -0.2) is 60.8 Å². The summed E-state index contributed by atoms with van der Waals surface area (Å²) < 4.78 is 22.3. The Bertz CT molecular complexity index is 1360. The second kappa shape index (κ2) is 12.1. The number of oxazole rings is 1. The number of H-pyrrole nitrogens is 1. The Morgan fingerprint density at radius 1 is 1.16 bits per heavy atom. The lowest BCUT2D eigenvalue weighted by Gasteiger charge is -2.22. The number of aromatic amines is 1.